The van der Waals surface area contributed by atoms with E-state index < -0.39 is 24.3 Å². The number of hydrogen-bond donors (Lipinski definition) is 1. The number of carbonyl (C=O) groups is 3. The molecule has 0 aromatic heterocycles. The van der Waals surface area contributed by atoms with Crippen LogP contribution in [0.15, 0.2) is 122 Å². The van der Waals surface area contributed by atoms with Gasteiger partial charge in [-0.05, 0) is 109 Å². The molecule has 0 heterocycles. The number of ether oxygens (including phenoxy) is 4. The van der Waals surface area contributed by atoms with Gasteiger partial charge in [0.15, 0.2) is 6.10 Å². The first kappa shape index (κ1) is 90.7. The third-order valence-corrected chi connectivity index (χ3v) is 17.2. The summed E-state index contributed by atoms with van der Waals surface area (Å²) in [6, 6.07) is 0. The Hall–Kier alpha value is -4.31. The van der Waals surface area contributed by atoms with Crippen molar-refractivity contribution in [1.29, 1.82) is 0 Å². The maximum atomic E-state index is 13.0. The van der Waals surface area contributed by atoms with E-state index in [1.165, 1.54) is 225 Å². The lowest BCUT2D eigenvalue weighted by Crippen LogP contribution is -2.40. The Balaban J connectivity index is 4.05. The van der Waals surface area contributed by atoms with Gasteiger partial charge in [-0.2, -0.15) is 0 Å². The van der Waals surface area contributed by atoms with Gasteiger partial charge in [-0.1, -0.05) is 347 Å². The minimum absolute atomic E-state index is 0.183. The normalized spacial score (nSPS) is 13.3. The molecule has 9 nitrogen and oxygen atoms in total. The third kappa shape index (κ3) is 76.9. The molecule has 0 bridgehead atoms. The summed E-state index contributed by atoms with van der Waals surface area (Å²) in [5, 5.41) is 9.77. The van der Waals surface area contributed by atoms with Crippen LogP contribution in [0.1, 0.15) is 348 Å². The predicted octanol–water partition coefficient (Wildman–Crippen LogP) is 25.5. The van der Waals surface area contributed by atoms with Gasteiger partial charge in [-0.3, -0.25) is 9.59 Å². The molecule has 0 fully saturated rings. The number of carbonyl (C=O) groups excluding carboxylic acids is 2. The van der Waals surface area contributed by atoms with Crippen molar-refractivity contribution in [3.05, 3.63) is 122 Å². The van der Waals surface area contributed by atoms with E-state index in [-0.39, 0.29) is 32.2 Å². The Morgan fingerprint density at radius 2 is 0.600 bits per heavy atom. The molecule has 1 N–H and O–H groups in total. The Morgan fingerprint density at radius 1 is 0.326 bits per heavy atom. The van der Waals surface area contributed by atoms with Crippen LogP contribution in [0.25, 0.3) is 0 Å². The minimum atomic E-state index is -1.52. The lowest BCUT2D eigenvalue weighted by atomic mass is 10.0. The van der Waals surface area contributed by atoms with E-state index in [1.807, 2.05) is 21.1 Å². The van der Waals surface area contributed by atoms with Crippen molar-refractivity contribution in [3.63, 3.8) is 0 Å². The summed E-state index contributed by atoms with van der Waals surface area (Å²) in [4.78, 5) is 37.7. The fourth-order valence-electron chi connectivity index (χ4n) is 11.2. The molecule has 0 aliphatic carbocycles. The summed E-state index contributed by atoms with van der Waals surface area (Å²) in [6.07, 6.45) is 105. The van der Waals surface area contributed by atoms with Crippen molar-refractivity contribution < 1.29 is 42.9 Å². The molecule has 95 heavy (non-hydrogen) atoms. The van der Waals surface area contributed by atoms with Crippen LogP contribution >= 0.6 is 0 Å². The Labute approximate surface area is 587 Å². The van der Waals surface area contributed by atoms with Crippen LogP contribution in [0.3, 0.4) is 0 Å². The van der Waals surface area contributed by atoms with Crippen molar-refractivity contribution in [2.45, 2.75) is 360 Å². The summed E-state index contributed by atoms with van der Waals surface area (Å²) >= 11 is 0. The molecular weight excluding hydrogens is 1170 g/mol. The van der Waals surface area contributed by atoms with Gasteiger partial charge in [-0.25, -0.2) is 4.79 Å². The molecule has 0 amide bonds. The summed E-state index contributed by atoms with van der Waals surface area (Å²) in [5.74, 6) is -1.99. The lowest BCUT2D eigenvalue weighted by Gasteiger charge is -2.25. The van der Waals surface area contributed by atoms with Crippen LogP contribution < -0.4 is 0 Å². The molecular formula is C86H150NO8+. The average molecular weight is 1330 g/mol. The fourth-order valence-corrected chi connectivity index (χ4v) is 11.2. The molecule has 0 rings (SSSR count). The summed E-state index contributed by atoms with van der Waals surface area (Å²) in [7, 11) is 5.99. The van der Waals surface area contributed by atoms with Gasteiger partial charge in [0.1, 0.15) is 13.2 Å². The average Bonchev–Trinajstić information content (AvgIpc) is 2.92. The molecule has 0 aliphatic rings. The summed E-state index contributed by atoms with van der Waals surface area (Å²) in [6.45, 7) is 4.79. The molecule has 546 valence electrons. The first-order valence-electron chi connectivity index (χ1n) is 39.7. The highest BCUT2D eigenvalue weighted by atomic mass is 16.7. The van der Waals surface area contributed by atoms with Gasteiger partial charge in [0, 0.05) is 12.8 Å². The molecule has 2 unspecified atom stereocenters. The number of likely N-dealkylation sites (N-methyl/N-ethyl adjacent to an activating group) is 1. The standard InChI is InChI=1S/C86H149NO8/c1-6-8-10-12-14-16-18-20-22-24-26-28-30-32-34-36-38-39-40-41-42-43-44-45-47-49-51-53-55-57-59-61-63-65-67-69-71-73-75-77-84(89)95-82(81-94-86(85(90)91)92-79-78-87(3,4)5)80-93-83(88)76-74-72-70-68-66-64-62-60-58-56-54-52-50-48-46-37-35-33-31-29-27-25-23-21-19-17-15-13-11-9-7-2/h8,10,14,16,19-22,25-28,32,34,38-39,41-42,44-45,82,86H,6-7,9,11-13,15,17-18,23-24,29-31,33,35-37,40,43,46-81H2,1-5H3/p+1/b10-8-,16-14-,21-19-,22-20-,27-25-,28-26-,34-32-,39-38-,42-41-,45-44-. The second-order valence-corrected chi connectivity index (χ2v) is 27.6. The van der Waals surface area contributed by atoms with Gasteiger partial charge >= 0.3 is 17.9 Å². The molecule has 0 saturated carbocycles. The smallest absolute Gasteiger partial charge is 0.361 e. The number of nitrogens with zero attached hydrogens (tertiary/aromatic N) is 1. The van der Waals surface area contributed by atoms with E-state index in [2.05, 4.69) is 135 Å². The number of quaternary nitrogens is 1. The van der Waals surface area contributed by atoms with Crippen LogP contribution in [0, 0.1) is 0 Å². The Morgan fingerprint density at radius 3 is 0.895 bits per heavy atom. The van der Waals surface area contributed by atoms with Crippen molar-refractivity contribution in [2.24, 2.45) is 0 Å². The quantitative estimate of drug-likeness (QED) is 0.0211. The number of allylic oxidation sites excluding steroid dienone is 20. The van der Waals surface area contributed by atoms with Gasteiger partial charge in [-0.15, -0.1) is 0 Å². The highest BCUT2D eigenvalue weighted by Gasteiger charge is 2.25. The van der Waals surface area contributed by atoms with Gasteiger partial charge in [0.05, 0.1) is 34.4 Å². The maximum Gasteiger partial charge on any atom is 0.361 e. The van der Waals surface area contributed by atoms with Crippen molar-refractivity contribution in [2.75, 3.05) is 47.5 Å². The Bertz CT molecular complexity index is 1980. The SMILES string of the molecule is CC/C=C\C/C=C\C/C=C\C/C=C\C/C=C\C/C=C\C/C=C\C/C=C\CCCCCCCCCCCCCCCCC(=O)OC(COC(=O)CCCCCCCCCCCCCCCCCCCCC/C=C\C/C=C\CCCCCCC)COC(OCC[N+](C)(C)C)C(=O)O. The topological polar surface area (TPSA) is 108 Å². The second kappa shape index (κ2) is 75.5. The van der Waals surface area contributed by atoms with Gasteiger partial charge in [0.25, 0.3) is 6.29 Å². The zero-order valence-corrected chi connectivity index (χ0v) is 62.6. The largest absolute Gasteiger partial charge is 0.477 e. The van der Waals surface area contributed by atoms with E-state index in [9.17, 15) is 19.5 Å². The number of carboxylic acid groups (broad SMARTS) is 1. The first-order chi connectivity index (χ1) is 46.6. The zero-order chi connectivity index (χ0) is 69.0. The van der Waals surface area contributed by atoms with Crippen molar-refractivity contribution in [1.82, 2.24) is 0 Å². The first-order valence-corrected chi connectivity index (χ1v) is 39.7. The van der Waals surface area contributed by atoms with Gasteiger partial charge < -0.3 is 28.5 Å². The van der Waals surface area contributed by atoms with E-state index >= 15 is 0 Å². The monoisotopic (exact) mass is 1330 g/mol. The van der Waals surface area contributed by atoms with Crippen LogP contribution in [0.2, 0.25) is 0 Å². The maximum absolute atomic E-state index is 13.0. The number of carboxylic acids is 1. The molecule has 0 spiro atoms. The second-order valence-electron chi connectivity index (χ2n) is 27.6. The van der Waals surface area contributed by atoms with Crippen molar-refractivity contribution in [3.8, 4) is 0 Å². The molecule has 0 aromatic rings. The van der Waals surface area contributed by atoms with Crippen molar-refractivity contribution >= 4 is 17.9 Å². The highest BCUT2D eigenvalue weighted by molar-refractivity contribution is 5.71. The third-order valence-electron chi connectivity index (χ3n) is 17.2. The van der Waals surface area contributed by atoms with E-state index in [0.717, 1.165) is 96.3 Å². The Kier molecular flexibility index (Phi) is 72.0. The van der Waals surface area contributed by atoms with Crippen LogP contribution in [-0.2, 0) is 33.3 Å². The zero-order valence-electron chi connectivity index (χ0n) is 62.6. The molecule has 9 heteroatoms. The molecule has 0 aliphatic heterocycles. The van der Waals surface area contributed by atoms with Gasteiger partial charge in [0.2, 0.25) is 0 Å². The van der Waals surface area contributed by atoms with E-state index in [0.29, 0.717) is 17.4 Å². The van der Waals surface area contributed by atoms with E-state index in [1.54, 1.807) is 0 Å². The highest BCUT2D eigenvalue weighted by Crippen LogP contribution is 2.18. The van der Waals surface area contributed by atoms with E-state index in [4.69, 9.17) is 18.9 Å². The summed E-state index contributed by atoms with van der Waals surface area (Å²) < 4.78 is 23.0. The molecule has 0 radical (unpaired) electrons. The lowest BCUT2D eigenvalue weighted by molar-refractivity contribution is -0.870. The molecule has 0 saturated heterocycles. The number of aliphatic carboxylic acids is 1. The number of unbranched alkanes of at least 4 members (excludes halogenated alkanes) is 38. The number of rotatable bonds is 73. The fraction of sp³-hybridized carbons (Fsp3) is 0.733. The number of esters is 2. The number of hydrogen-bond acceptors (Lipinski definition) is 7. The van der Waals surface area contributed by atoms with Crippen LogP contribution in [-0.4, -0.2) is 87.4 Å². The van der Waals surface area contributed by atoms with Crippen LogP contribution in [0.5, 0.6) is 0 Å². The minimum Gasteiger partial charge on any atom is -0.477 e. The van der Waals surface area contributed by atoms with Crippen LogP contribution in [0.4, 0.5) is 0 Å². The molecule has 2 atom stereocenters. The summed E-state index contributed by atoms with van der Waals surface area (Å²) in [5.41, 5.74) is 0. The predicted molar refractivity (Wildman–Crippen MR) is 410 cm³/mol. The molecule has 0 aromatic carbocycles.